The molecule has 1 amide bonds. The maximum atomic E-state index is 13.6. The molecule has 1 atom stereocenters. The summed E-state index contributed by atoms with van der Waals surface area (Å²) in [6.45, 7) is 2.96. The van der Waals surface area contributed by atoms with Crippen LogP contribution in [0.2, 0.25) is 0 Å². The molecule has 0 unspecified atom stereocenters. The number of nitrogens with two attached hydrogens (primary N) is 1. The average Bonchev–Trinajstić information content (AvgIpc) is 3.12. The highest BCUT2D eigenvalue weighted by Crippen LogP contribution is 2.40. The largest absolute Gasteiger partial charge is 0.464 e. The number of hydrogen-bond donors (Lipinski definition) is 4. The van der Waals surface area contributed by atoms with Crippen molar-refractivity contribution in [2.45, 2.75) is 25.8 Å². The molecule has 158 valence electrons. The quantitative estimate of drug-likeness (QED) is 0.253. The highest BCUT2D eigenvalue weighted by molar-refractivity contribution is 9.10. The van der Waals surface area contributed by atoms with Gasteiger partial charge in [0.2, 0.25) is 0 Å². The molecule has 10 heteroatoms. The minimum absolute atomic E-state index is 0.256. The Kier molecular flexibility index (Phi) is 5.52. The number of benzene rings is 1. The SMILES string of the molecule is Cc1cc(Nc2c[nH]c3ncc(Br)c(N4CCC[C@@H](N(N)C(=O)O)C4)c23)ccc1F. The minimum Gasteiger partial charge on any atom is -0.464 e. The van der Waals surface area contributed by atoms with Crippen LogP contribution >= 0.6 is 15.9 Å². The maximum absolute atomic E-state index is 13.6. The number of amides is 1. The first-order chi connectivity index (χ1) is 14.3. The number of carboxylic acid groups (broad SMARTS) is 1. The standard InChI is InChI=1S/C20H22BrFN6O2/c1-11-7-12(4-5-15(11)22)26-16-9-25-19-17(16)18(14(21)8-24-19)27-6-2-3-13(10-27)28(23)20(29)30/h4-5,7-9,13,26H,2-3,6,10,23H2,1H3,(H,24,25)(H,29,30)/t13-/m1/s1. The number of halogens is 2. The van der Waals surface area contributed by atoms with Crippen LogP contribution in [0.3, 0.4) is 0 Å². The molecule has 1 fully saturated rings. The second-order valence-electron chi connectivity index (χ2n) is 7.40. The van der Waals surface area contributed by atoms with Crippen LogP contribution in [0.5, 0.6) is 0 Å². The number of aryl methyl sites for hydroxylation is 1. The molecular formula is C20H22BrFN6O2. The first kappa shape index (κ1) is 20.4. The number of piperidine rings is 1. The van der Waals surface area contributed by atoms with Crippen molar-refractivity contribution in [2.75, 3.05) is 23.3 Å². The van der Waals surface area contributed by atoms with Crippen LogP contribution in [0.15, 0.2) is 35.1 Å². The second kappa shape index (κ2) is 8.11. The summed E-state index contributed by atoms with van der Waals surface area (Å²) in [4.78, 5) is 21.1. The van der Waals surface area contributed by atoms with Gasteiger partial charge in [-0.3, -0.25) is 0 Å². The zero-order chi connectivity index (χ0) is 21.4. The van der Waals surface area contributed by atoms with E-state index in [0.29, 0.717) is 24.2 Å². The predicted molar refractivity (Wildman–Crippen MR) is 117 cm³/mol. The van der Waals surface area contributed by atoms with E-state index in [0.717, 1.165) is 44.9 Å². The van der Waals surface area contributed by atoms with Crippen LogP contribution in [-0.4, -0.2) is 45.3 Å². The fourth-order valence-corrected chi connectivity index (χ4v) is 4.43. The normalized spacial score (nSPS) is 16.7. The summed E-state index contributed by atoms with van der Waals surface area (Å²) in [5.74, 6) is 5.50. The molecule has 0 bridgehead atoms. The van der Waals surface area contributed by atoms with Crippen molar-refractivity contribution in [1.82, 2.24) is 15.0 Å². The molecule has 0 radical (unpaired) electrons. The topological polar surface area (TPSA) is 111 Å². The van der Waals surface area contributed by atoms with Crippen molar-refractivity contribution < 1.29 is 14.3 Å². The van der Waals surface area contributed by atoms with Crippen molar-refractivity contribution in [3.05, 3.63) is 46.4 Å². The van der Waals surface area contributed by atoms with Crippen LogP contribution in [0.1, 0.15) is 18.4 Å². The molecule has 1 aliphatic heterocycles. The number of hydrogen-bond acceptors (Lipinski definition) is 5. The average molecular weight is 477 g/mol. The fraction of sp³-hybridized carbons (Fsp3) is 0.300. The van der Waals surface area contributed by atoms with Crippen molar-refractivity contribution >= 4 is 50.1 Å². The van der Waals surface area contributed by atoms with Crippen LogP contribution in [0.4, 0.5) is 26.2 Å². The molecule has 0 spiro atoms. The van der Waals surface area contributed by atoms with E-state index in [1.807, 2.05) is 6.20 Å². The van der Waals surface area contributed by atoms with E-state index in [1.165, 1.54) is 6.07 Å². The number of nitrogens with zero attached hydrogens (tertiary/aromatic N) is 3. The van der Waals surface area contributed by atoms with Gasteiger partial charge in [-0.15, -0.1) is 0 Å². The maximum Gasteiger partial charge on any atom is 0.421 e. The Bertz CT molecular complexity index is 1100. The number of pyridine rings is 1. The Morgan fingerprint density at radius 3 is 3.03 bits per heavy atom. The van der Waals surface area contributed by atoms with Gasteiger partial charge in [0.1, 0.15) is 11.5 Å². The Morgan fingerprint density at radius 2 is 2.30 bits per heavy atom. The Balaban J connectivity index is 1.72. The molecule has 1 aliphatic rings. The summed E-state index contributed by atoms with van der Waals surface area (Å²) in [5.41, 5.74) is 3.71. The number of nitrogens with one attached hydrogen (secondary N) is 2. The predicted octanol–water partition coefficient (Wildman–Crippen LogP) is 4.34. The number of hydrazine groups is 1. The highest BCUT2D eigenvalue weighted by atomic mass is 79.9. The van der Waals surface area contributed by atoms with Gasteiger partial charge >= 0.3 is 6.09 Å². The number of anilines is 3. The van der Waals surface area contributed by atoms with E-state index in [2.05, 4.69) is 36.1 Å². The molecule has 5 N–H and O–H groups in total. The third-order valence-electron chi connectivity index (χ3n) is 5.39. The van der Waals surface area contributed by atoms with Crippen molar-refractivity contribution in [1.29, 1.82) is 0 Å². The minimum atomic E-state index is -1.14. The van der Waals surface area contributed by atoms with Crippen LogP contribution in [0.25, 0.3) is 11.0 Å². The third kappa shape index (κ3) is 3.80. The monoisotopic (exact) mass is 476 g/mol. The van der Waals surface area contributed by atoms with Crippen LogP contribution < -0.4 is 16.1 Å². The molecule has 1 saturated heterocycles. The van der Waals surface area contributed by atoms with E-state index < -0.39 is 6.09 Å². The molecule has 8 nitrogen and oxygen atoms in total. The Hall–Kier alpha value is -2.85. The van der Waals surface area contributed by atoms with Gasteiger partial charge in [-0.1, -0.05) is 0 Å². The van der Waals surface area contributed by atoms with E-state index in [1.54, 1.807) is 25.3 Å². The first-order valence-corrected chi connectivity index (χ1v) is 10.3. The van der Waals surface area contributed by atoms with Gasteiger partial charge < -0.3 is 20.3 Å². The Morgan fingerprint density at radius 1 is 1.50 bits per heavy atom. The zero-order valence-corrected chi connectivity index (χ0v) is 17.9. The summed E-state index contributed by atoms with van der Waals surface area (Å²) in [7, 11) is 0. The summed E-state index contributed by atoms with van der Waals surface area (Å²) in [6.07, 6.45) is 3.92. The molecule has 3 heterocycles. The molecule has 0 saturated carbocycles. The molecule has 4 rings (SSSR count). The zero-order valence-electron chi connectivity index (χ0n) is 16.3. The van der Waals surface area contributed by atoms with Gasteiger partial charge in [-0.05, 0) is 59.5 Å². The summed E-state index contributed by atoms with van der Waals surface area (Å²) in [6, 6.07) is 4.55. The summed E-state index contributed by atoms with van der Waals surface area (Å²) < 4.78 is 14.4. The second-order valence-corrected chi connectivity index (χ2v) is 8.26. The number of rotatable bonds is 4. The van der Waals surface area contributed by atoms with Gasteiger partial charge in [-0.2, -0.15) is 0 Å². The molecule has 3 aromatic rings. The summed E-state index contributed by atoms with van der Waals surface area (Å²) in [5, 5.41) is 14.3. The molecular weight excluding hydrogens is 455 g/mol. The lowest BCUT2D eigenvalue weighted by atomic mass is 10.0. The molecule has 1 aromatic carbocycles. The number of aromatic nitrogens is 2. The van der Waals surface area contributed by atoms with Crippen LogP contribution in [0, 0.1) is 12.7 Å². The highest BCUT2D eigenvalue weighted by Gasteiger charge is 2.29. The molecule has 0 aliphatic carbocycles. The van der Waals surface area contributed by atoms with Crippen molar-refractivity contribution in [2.24, 2.45) is 5.84 Å². The van der Waals surface area contributed by atoms with Crippen LogP contribution in [-0.2, 0) is 0 Å². The van der Waals surface area contributed by atoms with Gasteiger partial charge in [0.05, 0.1) is 27.3 Å². The van der Waals surface area contributed by atoms with E-state index >= 15 is 0 Å². The smallest absolute Gasteiger partial charge is 0.421 e. The number of aromatic amines is 1. The van der Waals surface area contributed by atoms with E-state index in [9.17, 15) is 14.3 Å². The fourth-order valence-electron chi connectivity index (χ4n) is 3.88. The van der Waals surface area contributed by atoms with Gasteiger partial charge in [0.15, 0.2) is 0 Å². The molecule has 2 aromatic heterocycles. The molecule has 30 heavy (non-hydrogen) atoms. The van der Waals surface area contributed by atoms with Gasteiger partial charge in [0.25, 0.3) is 0 Å². The lowest BCUT2D eigenvalue weighted by Crippen LogP contribution is -2.53. The van der Waals surface area contributed by atoms with Crippen molar-refractivity contribution in [3.8, 4) is 0 Å². The Labute approximate surface area is 181 Å². The number of fused-ring (bicyclic) bond motifs is 1. The van der Waals surface area contributed by atoms with E-state index in [-0.39, 0.29) is 11.9 Å². The lowest BCUT2D eigenvalue weighted by Gasteiger charge is -2.38. The lowest BCUT2D eigenvalue weighted by molar-refractivity contribution is 0.119. The summed E-state index contributed by atoms with van der Waals surface area (Å²) >= 11 is 3.61. The first-order valence-electron chi connectivity index (χ1n) is 9.55. The van der Waals surface area contributed by atoms with Gasteiger partial charge in [-0.25, -0.2) is 25.0 Å². The van der Waals surface area contributed by atoms with E-state index in [4.69, 9.17) is 5.84 Å². The number of carbonyl (C=O) groups is 1. The van der Waals surface area contributed by atoms with Crippen molar-refractivity contribution in [3.63, 3.8) is 0 Å². The number of H-pyrrole nitrogens is 1. The third-order valence-corrected chi connectivity index (χ3v) is 5.97. The van der Waals surface area contributed by atoms with Gasteiger partial charge in [0, 0.05) is 31.2 Å².